The molecule has 3 atom stereocenters. The zero-order valence-corrected chi connectivity index (χ0v) is 20.2. The van der Waals surface area contributed by atoms with E-state index in [1.54, 1.807) is 35.5 Å². The van der Waals surface area contributed by atoms with Gasteiger partial charge in [-0.25, -0.2) is 9.97 Å². The Kier molecular flexibility index (Phi) is 6.73. The number of aromatic nitrogens is 2. The Labute approximate surface area is 212 Å². The van der Waals surface area contributed by atoms with Gasteiger partial charge in [-0.1, -0.05) is 35.3 Å². The lowest BCUT2D eigenvalue weighted by atomic mass is 9.89. The molecule has 2 fully saturated rings. The highest BCUT2D eigenvalue weighted by molar-refractivity contribution is 6.31. The lowest BCUT2D eigenvalue weighted by molar-refractivity contribution is -0.179. The zero-order valence-electron chi connectivity index (χ0n) is 18.7. The van der Waals surface area contributed by atoms with Crippen LogP contribution in [0.3, 0.4) is 0 Å². The Morgan fingerprint density at radius 3 is 2.37 bits per heavy atom. The number of morpholine rings is 1. The van der Waals surface area contributed by atoms with Gasteiger partial charge in [0.15, 0.2) is 0 Å². The summed E-state index contributed by atoms with van der Waals surface area (Å²) in [4.78, 5) is 35.0. The van der Waals surface area contributed by atoms with Crippen molar-refractivity contribution < 1.29 is 19.4 Å². The maximum absolute atomic E-state index is 13.5. The summed E-state index contributed by atoms with van der Waals surface area (Å²) in [6.45, 7) is 0.544. The van der Waals surface area contributed by atoms with Gasteiger partial charge in [0.2, 0.25) is 0 Å². The Morgan fingerprint density at radius 1 is 1.00 bits per heavy atom. The van der Waals surface area contributed by atoms with Crippen molar-refractivity contribution >= 4 is 35.1 Å². The van der Waals surface area contributed by atoms with Crippen LogP contribution in [0.15, 0.2) is 61.2 Å². The van der Waals surface area contributed by atoms with E-state index in [4.69, 9.17) is 27.9 Å². The van der Waals surface area contributed by atoms with E-state index in [-0.39, 0.29) is 5.91 Å². The topological polar surface area (TPSA) is 92.6 Å². The fourth-order valence-electron chi connectivity index (χ4n) is 4.54. The normalized spacial score (nSPS) is 22.3. The van der Waals surface area contributed by atoms with Gasteiger partial charge >= 0.3 is 5.97 Å². The maximum Gasteiger partial charge on any atom is 0.306 e. The third kappa shape index (κ3) is 5.32. The van der Waals surface area contributed by atoms with Crippen molar-refractivity contribution in [3.8, 4) is 11.1 Å². The van der Waals surface area contributed by atoms with Crippen LogP contribution in [0.5, 0.6) is 0 Å². The predicted molar refractivity (Wildman–Crippen MR) is 131 cm³/mol. The van der Waals surface area contributed by atoms with Gasteiger partial charge in [-0.15, -0.1) is 0 Å². The number of aliphatic carboxylic acids is 1. The number of benzene rings is 2. The molecule has 0 unspecified atom stereocenters. The van der Waals surface area contributed by atoms with Crippen molar-refractivity contribution in [1.29, 1.82) is 0 Å². The van der Waals surface area contributed by atoms with Gasteiger partial charge in [0.05, 0.1) is 12.5 Å². The SMILES string of the molecule is O=C(O)C[C@H]1O[C@H](c2cc(Cl)cc(-c3cncnc3)c2)[C@@H](c2ccc(Cl)cc2)N(CC2CC2)C1=O. The second-order valence-corrected chi connectivity index (χ2v) is 9.85. The Bertz CT molecular complexity index is 1240. The molecule has 1 N–H and O–H groups in total. The number of halogens is 2. The molecule has 35 heavy (non-hydrogen) atoms. The van der Waals surface area contributed by atoms with Crippen LogP contribution in [0, 0.1) is 5.92 Å². The fraction of sp³-hybridized carbons (Fsp3) is 0.308. The largest absolute Gasteiger partial charge is 0.481 e. The minimum absolute atomic E-state index is 0.311. The quantitative estimate of drug-likeness (QED) is 0.459. The van der Waals surface area contributed by atoms with E-state index in [1.165, 1.54) is 6.33 Å². The molecule has 1 saturated heterocycles. The Balaban J connectivity index is 1.62. The third-order valence-corrected chi connectivity index (χ3v) is 6.83. The van der Waals surface area contributed by atoms with Crippen molar-refractivity contribution in [2.24, 2.45) is 5.92 Å². The molecule has 180 valence electrons. The molecule has 7 nitrogen and oxygen atoms in total. The van der Waals surface area contributed by atoms with E-state index in [0.717, 1.165) is 35.1 Å². The summed E-state index contributed by atoms with van der Waals surface area (Å²) < 4.78 is 6.28. The monoisotopic (exact) mass is 511 g/mol. The highest BCUT2D eigenvalue weighted by Crippen LogP contribution is 2.46. The van der Waals surface area contributed by atoms with Gasteiger partial charge in [0.25, 0.3) is 5.91 Å². The summed E-state index contributed by atoms with van der Waals surface area (Å²) >= 11 is 12.7. The Hall–Kier alpha value is -3.00. The number of carbonyl (C=O) groups excluding carboxylic acids is 1. The number of nitrogens with zero attached hydrogens (tertiary/aromatic N) is 3. The van der Waals surface area contributed by atoms with Crippen LogP contribution in [0.1, 0.15) is 42.5 Å². The molecule has 0 spiro atoms. The smallest absolute Gasteiger partial charge is 0.306 e. The zero-order chi connectivity index (χ0) is 24.5. The van der Waals surface area contributed by atoms with Crippen LogP contribution in [0.2, 0.25) is 10.0 Å². The first-order valence-electron chi connectivity index (χ1n) is 11.4. The van der Waals surface area contributed by atoms with Crippen LogP contribution >= 0.6 is 23.2 Å². The minimum atomic E-state index is -1.10. The standard InChI is InChI=1S/C26H23Cl2N3O4/c27-20-5-3-16(4-6-20)24-25(18-7-17(8-21(28)9-18)19-11-29-14-30-12-19)35-22(10-23(32)33)26(34)31(24)13-15-1-2-15/h3-9,11-12,14-15,22,24-25H,1-2,10,13H2,(H,32,33)/t22-,24-,25-/m1/s1. The van der Waals surface area contributed by atoms with Crippen molar-refractivity contribution in [3.05, 3.63) is 82.4 Å². The number of ether oxygens (including phenoxy) is 1. The van der Waals surface area contributed by atoms with Gasteiger partial charge in [0.1, 0.15) is 18.5 Å². The summed E-state index contributed by atoms with van der Waals surface area (Å²) in [6.07, 6.45) is 4.77. The van der Waals surface area contributed by atoms with Gasteiger partial charge < -0.3 is 14.7 Å². The number of carbonyl (C=O) groups is 2. The highest BCUT2D eigenvalue weighted by atomic mass is 35.5. The van der Waals surface area contributed by atoms with Crippen molar-refractivity contribution in [2.75, 3.05) is 6.54 Å². The van der Waals surface area contributed by atoms with Crippen LogP contribution in [-0.2, 0) is 14.3 Å². The molecule has 1 aliphatic carbocycles. The maximum atomic E-state index is 13.5. The van der Waals surface area contributed by atoms with Crippen LogP contribution in [0.4, 0.5) is 0 Å². The van der Waals surface area contributed by atoms with Gasteiger partial charge in [-0.05, 0) is 65.8 Å². The first-order chi connectivity index (χ1) is 16.9. The summed E-state index contributed by atoms with van der Waals surface area (Å²) in [5, 5.41) is 10.5. The first-order valence-corrected chi connectivity index (χ1v) is 12.1. The van der Waals surface area contributed by atoms with E-state index in [9.17, 15) is 14.7 Å². The average Bonchev–Trinajstić information content (AvgIpc) is 3.66. The molecular weight excluding hydrogens is 489 g/mol. The average molecular weight is 512 g/mol. The summed E-state index contributed by atoms with van der Waals surface area (Å²) in [5.74, 6) is -1.00. The number of hydrogen-bond acceptors (Lipinski definition) is 5. The molecule has 1 aliphatic heterocycles. The second-order valence-electron chi connectivity index (χ2n) is 8.97. The number of carboxylic acids is 1. The molecule has 2 aromatic carbocycles. The predicted octanol–water partition coefficient (Wildman–Crippen LogP) is 5.34. The van der Waals surface area contributed by atoms with Crippen LogP contribution in [-0.4, -0.2) is 44.5 Å². The third-order valence-electron chi connectivity index (χ3n) is 6.36. The lowest BCUT2D eigenvalue weighted by Gasteiger charge is -2.45. The molecule has 2 heterocycles. The van der Waals surface area contributed by atoms with E-state index in [0.29, 0.717) is 22.5 Å². The number of rotatable bonds is 7. The molecule has 3 aromatic rings. The molecule has 1 saturated carbocycles. The second kappa shape index (κ2) is 9.93. The van der Waals surface area contributed by atoms with Crippen molar-refractivity contribution in [1.82, 2.24) is 14.9 Å². The lowest BCUT2D eigenvalue weighted by Crippen LogP contribution is -2.52. The Morgan fingerprint density at radius 2 is 1.71 bits per heavy atom. The minimum Gasteiger partial charge on any atom is -0.481 e. The first kappa shape index (κ1) is 23.7. The summed E-state index contributed by atoms with van der Waals surface area (Å²) in [6, 6.07) is 12.4. The van der Waals surface area contributed by atoms with E-state index >= 15 is 0 Å². The summed E-state index contributed by atoms with van der Waals surface area (Å²) in [5.41, 5.74) is 3.17. The van der Waals surface area contributed by atoms with Gasteiger partial charge in [-0.3, -0.25) is 9.59 Å². The van der Waals surface area contributed by atoms with E-state index in [1.807, 2.05) is 24.3 Å². The van der Waals surface area contributed by atoms with Crippen molar-refractivity contribution in [2.45, 2.75) is 37.5 Å². The van der Waals surface area contributed by atoms with Gasteiger partial charge in [-0.2, -0.15) is 0 Å². The molecule has 0 bridgehead atoms. The number of carboxylic acid groups (broad SMARTS) is 1. The van der Waals surface area contributed by atoms with Crippen LogP contribution < -0.4 is 0 Å². The highest BCUT2D eigenvalue weighted by Gasteiger charge is 2.46. The molecule has 2 aliphatic rings. The number of hydrogen-bond donors (Lipinski definition) is 1. The molecule has 1 amide bonds. The van der Waals surface area contributed by atoms with E-state index < -0.39 is 30.6 Å². The summed E-state index contributed by atoms with van der Waals surface area (Å²) in [7, 11) is 0. The molecule has 5 rings (SSSR count). The van der Waals surface area contributed by atoms with Crippen molar-refractivity contribution in [3.63, 3.8) is 0 Å². The fourth-order valence-corrected chi connectivity index (χ4v) is 4.91. The molecular formula is C26H23Cl2N3O4. The van der Waals surface area contributed by atoms with Gasteiger partial charge in [0, 0.05) is 34.5 Å². The number of amides is 1. The van der Waals surface area contributed by atoms with Crippen LogP contribution in [0.25, 0.3) is 11.1 Å². The molecule has 0 radical (unpaired) electrons. The van der Waals surface area contributed by atoms with E-state index in [2.05, 4.69) is 9.97 Å². The molecule has 9 heteroatoms. The molecule has 1 aromatic heterocycles.